The van der Waals surface area contributed by atoms with Gasteiger partial charge in [-0.25, -0.2) is 0 Å². The molecule has 0 saturated heterocycles. The molecule has 0 aromatic heterocycles. The van der Waals surface area contributed by atoms with E-state index < -0.39 is 0 Å². The van der Waals surface area contributed by atoms with Gasteiger partial charge < -0.3 is 15.1 Å². The van der Waals surface area contributed by atoms with E-state index in [2.05, 4.69) is 6.92 Å². The highest BCUT2D eigenvalue weighted by Crippen LogP contribution is 2.17. The number of rotatable bonds is 10. The summed E-state index contributed by atoms with van der Waals surface area (Å²) in [5.74, 6) is 0.402. The number of nitrogens with zero attached hydrogens (tertiary/aromatic N) is 1. The van der Waals surface area contributed by atoms with Gasteiger partial charge in [0.2, 0.25) is 5.91 Å². The number of benzene rings is 1. The molecule has 21 heavy (non-hydrogen) atoms. The van der Waals surface area contributed by atoms with Crippen LogP contribution in [0.25, 0.3) is 0 Å². The minimum Gasteiger partial charge on any atom is -0.508 e. The molecule has 1 rings (SSSR count). The van der Waals surface area contributed by atoms with Crippen molar-refractivity contribution < 1.29 is 15.0 Å². The SMILES string of the molecule is CCCN(CCCCCO)C(=O)CCc1ccccc1O. The molecule has 0 fully saturated rings. The minimum atomic E-state index is 0.143. The molecule has 0 aliphatic heterocycles. The number of aromatic hydroxyl groups is 1. The number of phenols is 1. The standard InChI is InChI=1S/C17H27NO3/c1-2-12-18(13-6-3-7-14-19)17(21)11-10-15-8-4-5-9-16(15)20/h4-5,8-9,19-20H,2-3,6-7,10-14H2,1H3. The highest BCUT2D eigenvalue weighted by Gasteiger charge is 2.13. The van der Waals surface area contributed by atoms with Crippen molar-refractivity contribution in [1.29, 1.82) is 0 Å². The highest BCUT2D eigenvalue weighted by atomic mass is 16.3. The van der Waals surface area contributed by atoms with E-state index in [1.165, 1.54) is 0 Å². The van der Waals surface area contributed by atoms with E-state index in [0.29, 0.717) is 12.8 Å². The predicted molar refractivity (Wildman–Crippen MR) is 84.2 cm³/mol. The second-order valence-electron chi connectivity index (χ2n) is 5.29. The van der Waals surface area contributed by atoms with Gasteiger partial charge in [0.15, 0.2) is 0 Å². The summed E-state index contributed by atoms with van der Waals surface area (Å²) in [4.78, 5) is 14.2. The Bertz CT molecular complexity index is 420. The van der Waals surface area contributed by atoms with E-state index in [1.807, 2.05) is 17.0 Å². The van der Waals surface area contributed by atoms with Gasteiger partial charge >= 0.3 is 0 Å². The Balaban J connectivity index is 2.43. The summed E-state index contributed by atoms with van der Waals surface area (Å²) < 4.78 is 0. The van der Waals surface area contributed by atoms with Crippen LogP contribution in [0.2, 0.25) is 0 Å². The molecule has 0 unspecified atom stereocenters. The Morgan fingerprint density at radius 2 is 1.90 bits per heavy atom. The lowest BCUT2D eigenvalue weighted by molar-refractivity contribution is -0.131. The molecule has 4 heteroatoms. The molecule has 0 radical (unpaired) electrons. The number of amides is 1. The maximum atomic E-state index is 12.3. The molecular formula is C17H27NO3. The zero-order valence-electron chi connectivity index (χ0n) is 12.9. The van der Waals surface area contributed by atoms with Gasteiger partial charge in [-0.1, -0.05) is 25.1 Å². The van der Waals surface area contributed by atoms with Crippen molar-refractivity contribution in [2.45, 2.75) is 45.4 Å². The summed E-state index contributed by atoms with van der Waals surface area (Å²) in [6, 6.07) is 7.16. The van der Waals surface area contributed by atoms with Crippen LogP contribution in [0.1, 0.15) is 44.6 Å². The molecule has 0 atom stereocenters. The number of carbonyl (C=O) groups excluding carboxylic acids is 1. The van der Waals surface area contributed by atoms with Crippen LogP contribution in [0.3, 0.4) is 0 Å². The van der Waals surface area contributed by atoms with Gasteiger partial charge in [-0.3, -0.25) is 4.79 Å². The summed E-state index contributed by atoms with van der Waals surface area (Å²) in [5, 5.41) is 18.5. The first-order valence-corrected chi connectivity index (χ1v) is 7.84. The van der Waals surface area contributed by atoms with E-state index in [0.717, 1.165) is 44.3 Å². The smallest absolute Gasteiger partial charge is 0.222 e. The lowest BCUT2D eigenvalue weighted by Gasteiger charge is -2.22. The van der Waals surface area contributed by atoms with Gasteiger partial charge in [0.25, 0.3) is 0 Å². The van der Waals surface area contributed by atoms with E-state index in [-0.39, 0.29) is 18.3 Å². The number of aryl methyl sites for hydroxylation is 1. The maximum Gasteiger partial charge on any atom is 0.222 e. The topological polar surface area (TPSA) is 60.8 Å². The maximum absolute atomic E-state index is 12.3. The molecular weight excluding hydrogens is 266 g/mol. The van der Waals surface area contributed by atoms with E-state index in [9.17, 15) is 9.90 Å². The van der Waals surface area contributed by atoms with Gasteiger partial charge in [-0.15, -0.1) is 0 Å². The number of unbranched alkanes of at least 4 members (excludes halogenated alkanes) is 2. The minimum absolute atomic E-state index is 0.143. The fourth-order valence-electron chi connectivity index (χ4n) is 2.34. The van der Waals surface area contributed by atoms with Crippen LogP contribution in [0.5, 0.6) is 5.75 Å². The number of aliphatic hydroxyl groups excluding tert-OH is 1. The average Bonchev–Trinajstić information content (AvgIpc) is 2.49. The molecule has 1 amide bonds. The zero-order chi connectivity index (χ0) is 15.5. The summed E-state index contributed by atoms with van der Waals surface area (Å²) in [7, 11) is 0. The molecule has 0 bridgehead atoms. The van der Waals surface area contributed by atoms with Gasteiger partial charge in [0.1, 0.15) is 5.75 Å². The van der Waals surface area contributed by atoms with Crippen LogP contribution in [0.15, 0.2) is 24.3 Å². The van der Waals surface area contributed by atoms with Crippen molar-refractivity contribution in [3.05, 3.63) is 29.8 Å². The van der Waals surface area contributed by atoms with Crippen LogP contribution in [0, 0.1) is 0 Å². The van der Waals surface area contributed by atoms with Gasteiger partial charge in [0, 0.05) is 26.1 Å². The second-order valence-corrected chi connectivity index (χ2v) is 5.29. The van der Waals surface area contributed by atoms with Crippen molar-refractivity contribution in [3.8, 4) is 5.75 Å². The van der Waals surface area contributed by atoms with Crippen molar-refractivity contribution in [2.75, 3.05) is 19.7 Å². The van der Waals surface area contributed by atoms with Crippen LogP contribution in [-0.2, 0) is 11.2 Å². The number of carbonyl (C=O) groups is 1. The predicted octanol–water partition coefficient (Wildman–Crippen LogP) is 2.73. The van der Waals surface area contributed by atoms with Gasteiger partial charge in [-0.2, -0.15) is 0 Å². The van der Waals surface area contributed by atoms with Crippen LogP contribution >= 0.6 is 0 Å². The second kappa shape index (κ2) is 10.2. The van der Waals surface area contributed by atoms with E-state index in [4.69, 9.17) is 5.11 Å². The van der Waals surface area contributed by atoms with Crippen molar-refractivity contribution >= 4 is 5.91 Å². The highest BCUT2D eigenvalue weighted by molar-refractivity contribution is 5.76. The average molecular weight is 293 g/mol. The van der Waals surface area contributed by atoms with Crippen molar-refractivity contribution in [3.63, 3.8) is 0 Å². The third-order valence-electron chi connectivity index (χ3n) is 3.53. The van der Waals surface area contributed by atoms with Crippen molar-refractivity contribution in [1.82, 2.24) is 4.90 Å². The van der Waals surface area contributed by atoms with Crippen LogP contribution in [0.4, 0.5) is 0 Å². The van der Waals surface area contributed by atoms with Crippen molar-refractivity contribution in [2.24, 2.45) is 0 Å². The fraction of sp³-hybridized carbons (Fsp3) is 0.588. The van der Waals surface area contributed by atoms with Crippen LogP contribution in [-0.4, -0.2) is 40.7 Å². The first-order chi connectivity index (χ1) is 10.2. The summed E-state index contributed by atoms with van der Waals surface area (Å²) in [5.41, 5.74) is 0.822. The van der Waals surface area contributed by atoms with Crippen LogP contribution < -0.4 is 0 Å². The molecule has 0 aliphatic rings. The zero-order valence-corrected chi connectivity index (χ0v) is 12.9. The Kier molecular flexibility index (Phi) is 8.51. The Morgan fingerprint density at radius 1 is 1.14 bits per heavy atom. The summed E-state index contributed by atoms with van der Waals surface area (Å²) in [6.07, 6.45) is 4.63. The normalized spacial score (nSPS) is 10.6. The lowest BCUT2D eigenvalue weighted by atomic mass is 10.1. The molecule has 0 spiro atoms. The first kappa shape index (κ1) is 17.5. The Labute approximate surface area is 127 Å². The third kappa shape index (κ3) is 6.63. The van der Waals surface area contributed by atoms with E-state index >= 15 is 0 Å². The number of hydrogen-bond acceptors (Lipinski definition) is 3. The third-order valence-corrected chi connectivity index (χ3v) is 3.53. The molecule has 0 heterocycles. The molecule has 4 nitrogen and oxygen atoms in total. The lowest BCUT2D eigenvalue weighted by Crippen LogP contribution is -2.32. The first-order valence-electron chi connectivity index (χ1n) is 7.84. The van der Waals surface area contributed by atoms with Gasteiger partial charge in [0.05, 0.1) is 0 Å². The molecule has 118 valence electrons. The van der Waals surface area contributed by atoms with E-state index in [1.54, 1.807) is 12.1 Å². The molecule has 0 saturated carbocycles. The monoisotopic (exact) mass is 293 g/mol. The fourth-order valence-corrected chi connectivity index (χ4v) is 2.34. The Morgan fingerprint density at radius 3 is 2.57 bits per heavy atom. The number of para-hydroxylation sites is 1. The quantitative estimate of drug-likeness (QED) is 0.652. The summed E-state index contributed by atoms with van der Waals surface area (Å²) in [6.45, 7) is 3.82. The number of phenolic OH excluding ortho intramolecular Hbond substituents is 1. The molecule has 0 aliphatic carbocycles. The number of aliphatic hydroxyl groups is 1. The largest absolute Gasteiger partial charge is 0.508 e. The van der Waals surface area contributed by atoms with Gasteiger partial charge in [-0.05, 0) is 43.7 Å². The Hall–Kier alpha value is -1.55. The molecule has 1 aromatic rings. The molecule has 1 aromatic carbocycles. The summed E-state index contributed by atoms with van der Waals surface area (Å²) >= 11 is 0. The molecule has 2 N–H and O–H groups in total. The number of hydrogen-bond donors (Lipinski definition) is 2.